The number of fused-ring (bicyclic) bond motifs is 1. The van der Waals surface area contributed by atoms with Gasteiger partial charge >= 0.3 is 0 Å². The van der Waals surface area contributed by atoms with Crippen LogP contribution in [0.5, 0.6) is 0 Å². The van der Waals surface area contributed by atoms with Crippen LogP contribution in [0.15, 0.2) is 36.4 Å². The molecule has 0 unspecified atom stereocenters. The molecule has 0 nitrogen and oxygen atoms in total. The lowest BCUT2D eigenvalue weighted by Crippen LogP contribution is -1.90. The molecule has 0 spiro atoms. The third kappa shape index (κ3) is 1.82. The van der Waals surface area contributed by atoms with E-state index in [0.717, 1.165) is 10.9 Å². The van der Waals surface area contributed by atoms with E-state index in [2.05, 4.69) is 0 Å². The van der Waals surface area contributed by atoms with Gasteiger partial charge in [0.2, 0.25) is 0 Å². The second-order valence-corrected chi connectivity index (χ2v) is 3.56. The highest BCUT2D eigenvalue weighted by molar-refractivity contribution is 6.18. The van der Waals surface area contributed by atoms with Gasteiger partial charge in [-0.1, -0.05) is 36.4 Å². The van der Waals surface area contributed by atoms with Gasteiger partial charge in [-0.2, -0.15) is 0 Å². The van der Waals surface area contributed by atoms with Gasteiger partial charge in [0.05, 0.1) is 0 Å². The summed E-state index contributed by atoms with van der Waals surface area (Å²) in [6, 6.07) is 10.3. The van der Waals surface area contributed by atoms with Crippen molar-refractivity contribution < 1.29 is 8.78 Å². The molecule has 0 bridgehead atoms. The summed E-state index contributed by atoms with van der Waals surface area (Å²) in [4.78, 5) is 0. The van der Waals surface area contributed by atoms with Crippen LogP contribution in [-0.2, 0) is 5.88 Å². The predicted octanol–water partition coefficient (Wildman–Crippen LogP) is 4.52. The minimum absolute atomic E-state index is 0.0590. The van der Waals surface area contributed by atoms with Crippen LogP contribution < -0.4 is 0 Å². The van der Waals surface area contributed by atoms with E-state index in [1.165, 1.54) is 6.07 Å². The van der Waals surface area contributed by atoms with Gasteiger partial charge < -0.3 is 0 Å². The van der Waals surface area contributed by atoms with Gasteiger partial charge in [0.25, 0.3) is 6.43 Å². The highest BCUT2D eigenvalue weighted by Gasteiger charge is 2.13. The molecule has 0 aromatic heterocycles. The largest absolute Gasteiger partial charge is 0.264 e. The van der Waals surface area contributed by atoms with Gasteiger partial charge in [0.1, 0.15) is 0 Å². The molecular weight excluding hydrogens is 218 g/mol. The van der Waals surface area contributed by atoms with Crippen molar-refractivity contribution in [3.63, 3.8) is 0 Å². The molecule has 0 atom stereocenters. The third-order valence-electron chi connectivity index (χ3n) is 2.40. The molecule has 0 aliphatic carbocycles. The van der Waals surface area contributed by atoms with Crippen molar-refractivity contribution in [2.24, 2.45) is 0 Å². The van der Waals surface area contributed by atoms with Crippen LogP contribution in [0, 0.1) is 0 Å². The highest BCUT2D eigenvalue weighted by atomic mass is 35.5. The Bertz CT molecular complexity index is 475. The lowest BCUT2D eigenvalue weighted by Gasteiger charge is -2.09. The lowest BCUT2D eigenvalue weighted by molar-refractivity contribution is 0.153. The second-order valence-electron chi connectivity index (χ2n) is 3.30. The minimum atomic E-state index is -2.46. The van der Waals surface area contributed by atoms with Gasteiger partial charge in [-0.15, -0.1) is 11.6 Å². The molecule has 0 N–H and O–H groups in total. The SMILES string of the molecule is FC(F)c1cccc2cccc(CCl)c12. The van der Waals surface area contributed by atoms with Gasteiger partial charge in [0, 0.05) is 11.4 Å². The summed E-state index contributed by atoms with van der Waals surface area (Å²) in [5, 5.41) is 1.40. The Labute approximate surface area is 91.5 Å². The molecular formula is C12H9ClF2. The Morgan fingerprint density at radius 2 is 1.73 bits per heavy atom. The van der Waals surface area contributed by atoms with E-state index >= 15 is 0 Å². The van der Waals surface area contributed by atoms with Gasteiger partial charge in [0.15, 0.2) is 0 Å². The molecule has 0 fully saturated rings. The van der Waals surface area contributed by atoms with Crippen LogP contribution >= 0.6 is 11.6 Å². The predicted molar refractivity (Wildman–Crippen MR) is 58.5 cm³/mol. The monoisotopic (exact) mass is 226 g/mol. The lowest BCUT2D eigenvalue weighted by atomic mass is 10.0. The van der Waals surface area contributed by atoms with Crippen molar-refractivity contribution in [2.45, 2.75) is 12.3 Å². The molecule has 0 radical (unpaired) electrons. The van der Waals surface area contributed by atoms with Crippen molar-refractivity contribution in [3.8, 4) is 0 Å². The van der Waals surface area contributed by atoms with Crippen molar-refractivity contribution in [3.05, 3.63) is 47.5 Å². The van der Waals surface area contributed by atoms with Crippen molar-refractivity contribution in [1.29, 1.82) is 0 Å². The maximum atomic E-state index is 12.8. The Kier molecular flexibility index (Phi) is 2.87. The van der Waals surface area contributed by atoms with E-state index in [9.17, 15) is 8.78 Å². The van der Waals surface area contributed by atoms with Crippen LogP contribution in [-0.4, -0.2) is 0 Å². The van der Waals surface area contributed by atoms with Crippen LogP contribution in [0.1, 0.15) is 17.6 Å². The molecule has 0 amide bonds. The summed E-state index contributed by atoms with van der Waals surface area (Å²) in [5.74, 6) is 0.251. The summed E-state index contributed by atoms with van der Waals surface area (Å²) < 4.78 is 25.5. The zero-order valence-electron chi connectivity index (χ0n) is 7.88. The summed E-state index contributed by atoms with van der Waals surface area (Å²) in [6.07, 6.45) is -2.46. The Balaban J connectivity index is 2.81. The summed E-state index contributed by atoms with van der Waals surface area (Å²) in [5.41, 5.74) is 0.814. The molecule has 0 saturated heterocycles. The molecule has 3 heteroatoms. The third-order valence-corrected chi connectivity index (χ3v) is 2.69. The molecule has 2 aromatic carbocycles. The normalized spacial score (nSPS) is 11.2. The number of benzene rings is 2. The fourth-order valence-corrected chi connectivity index (χ4v) is 1.97. The minimum Gasteiger partial charge on any atom is -0.205 e. The summed E-state index contributed by atoms with van der Waals surface area (Å²) >= 11 is 5.74. The number of rotatable bonds is 2. The molecule has 15 heavy (non-hydrogen) atoms. The molecule has 0 aliphatic rings. The number of alkyl halides is 3. The van der Waals surface area contributed by atoms with E-state index in [-0.39, 0.29) is 11.4 Å². The first kappa shape index (κ1) is 10.4. The fraction of sp³-hybridized carbons (Fsp3) is 0.167. The van der Waals surface area contributed by atoms with Gasteiger partial charge in [-0.3, -0.25) is 0 Å². The van der Waals surface area contributed by atoms with Crippen molar-refractivity contribution in [1.82, 2.24) is 0 Å². The van der Waals surface area contributed by atoms with Crippen LogP contribution in [0.25, 0.3) is 10.8 Å². The average molecular weight is 227 g/mol. The van der Waals surface area contributed by atoms with E-state index in [0.29, 0.717) is 5.39 Å². The zero-order chi connectivity index (χ0) is 10.8. The average Bonchev–Trinajstić information content (AvgIpc) is 2.27. The first-order valence-electron chi connectivity index (χ1n) is 4.58. The smallest absolute Gasteiger partial charge is 0.205 e. The molecule has 2 aromatic rings. The number of halogens is 3. The maximum absolute atomic E-state index is 12.8. The fourth-order valence-electron chi connectivity index (χ4n) is 1.74. The number of hydrogen-bond acceptors (Lipinski definition) is 0. The number of hydrogen-bond donors (Lipinski definition) is 0. The Hall–Kier alpha value is -1.15. The van der Waals surface area contributed by atoms with Crippen molar-refractivity contribution in [2.75, 3.05) is 0 Å². The van der Waals surface area contributed by atoms with Crippen LogP contribution in [0.4, 0.5) is 8.78 Å². The molecule has 0 saturated carbocycles. The van der Waals surface area contributed by atoms with E-state index < -0.39 is 6.43 Å². The van der Waals surface area contributed by atoms with E-state index in [4.69, 9.17) is 11.6 Å². The van der Waals surface area contributed by atoms with E-state index in [1.807, 2.05) is 18.2 Å². The van der Waals surface area contributed by atoms with Crippen LogP contribution in [0.3, 0.4) is 0 Å². The second kappa shape index (κ2) is 4.15. The Morgan fingerprint density at radius 3 is 2.33 bits per heavy atom. The van der Waals surface area contributed by atoms with Crippen LogP contribution in [0.2, 0.25) is 0 Å². The first-order valence-corrected chi connectivity index (χ1v) is 5.12. The van der Waals surface area contributed by atoms with Gasteiger partial charge in [-0.25, -0.2) is 8.78 Å². The maximum Gasteiger partial charge on any atom is 0.264 e. The van der Waals surface area contributed by atoms with Gasteiger partial charge in [-0.05, 0) is 16.3 Å². The summed E-state index contributed by atoms with van der Waals surface area (Å²) in [7, 11) is 0. The molecule has 2 rings (SSSR count). The highest BCUT2D eigenvalue weighted by Crippen LogP contribution is 2.30. The topological polar surface area (TPSA) is 0 Å². The first-order chi connectivity index (χ1) is 7.24. The Morgan fingerprint density at radius 1 is 1.07 bits per heavy atom. The molecule has 0 aliphatic heterocycles. The summed E-state index contributed by atoms with van der Waals surface area (Å²) in [6.45, 7) is 0. The van der Waals surface area contributed by atoms with E-state index in [1.54, 1.807) is 12.1 Å². The quantitative estimate of drug-likeness (QED) is 0.661. The zero-order valence-corrected chi connectivity index (χ0v) is 8.64. The molecule has 0 heterocycles. The standard InChI is InChI=1S/C12H9ClF2/c13-7-9-5-1-3-8-4-2-6-10(11(8)9)12(14)15/h1-6,12H,7H2. The van der Waals surface area contributed by atoms with Crippen molar-refractivity contribution >= 4 is 22.4 Å². The molecule has 78 valence electrons.